The molecule has 0 unspecified atom stereocenters. The number of benzene rings is 1. The van der Waals surface area contributed by atoms with Crippen molar-refractivity contribution >= 4 is 27.6 Å². The lowest BCUT2D eigenvalue weighted by molar-refractivity contribution is 0.822. The highest BCUT2D eigenvalue weighted by atomic mass is 79.9. The Kier molecular flexibility index (Phi) is 4.64. The minimum Gasteiger partial charge on any atom is -0.382 e. The fraction of sp³-hybridized carbons (Fsp3) is 0.286. The largest absolute Gasteiger partial charge is 0.382 e. The maximum absolute atomic E-state index is 9.23. The van der Waals surface area contributed by atoms with Gasteiger partial charge in [-0.2, -0.15) is 5.26 Å². The molecule has 2 rings (SSSR count). The quantitative estimate of drug-likeness (QED) is 0.822. The molecule has 0 saturated heterocycles. The number of hydrogen-bond acceptors (Lipinski definition) is 4. The van der Waals surface area contributed by atoms with E-state index < -0.39 is 0 Å². The van der Waals surface area contributed by atoms with E-state index in [1.54, 1.807) is 4.68 Å². The van der Waals surface area contributed by atoms with Crippen LogP contribution in [0, 0.1) is 11.3 Å². The smallest absolute Gasteiger partial charge is 0.168 e. The van der Waals surface area contributed by atoms with Crippen LogP contribution in [0.25, 0.3) is 5.69 Å². The topological polar surface area (TPSA) is 79.7 Å². The lowest BCUT2D eigenvalue weighted by Crippen LogP contribution is -2.04. The van der Waals surface area contributed by atoms with Crippen molar-refractivity contribution in [2.75, 3.05) is 17.6 Å². The van der Waals surface area contributed by atoms with Crippen LogP contribution in [0.1, 0.15) is 25.3 Å². The molecule has 0 aliphatic heterocycles. The van der Waals surface area contributed by atoms with Gasteiger partial charge in [0.15, 0.2) is 5.82 Å². The Morgan fingerprint density at radius 3 is 2.70 bits per heavy atom. The van der Waals surface area contributed by atoms with E-state index in [-0.39, 0.29) is 0 Å². The van der Waals surface area contributed by atoms with E-state index in [1.165, 1.54) is 0 Å². The molecule has 6 heteroatoms. The number of unbranched alkanes of at least 4 members (excludes halogenated alkanes) is 1. The molecule has 0 fully saturated rings. The minimum atomic E-state index is 0.355. The summed E-state index contributed by atoms with van der Waals surface area (Å²) in [7, 11) is 0. The fourth-order valence-corrected chi connectivity index (χ4v) is 2.09. The molecule has 20 heavy (non-hydrogen) atoms. The number of nitrogens with two attached hydrogens (primary N) is 1. The minimum absolute atomic E-state index is 0.355. The van der Waals surface area contributed by atoms with Crippen LogP contribution in [0.2, 0.25) is 0 Å². The SMILES string of the molecule is CCCCNc1nn(-c2ccc(Br)cc2)c(N)c1C#N. The van der Waals surface area contributed by atoms with Crippen LogP contribution < -0.4 is 11.1 Å². The Hall–Kier alpha value is -2.00. The van der Waals surface area contributed by atoms with Crippen LogP contribution in [0.15, 0.2) is 28.7 Å². The van der Waals surface area contributed by atoms with E-state index in [9.17, 15) is 5.26 Å². The highest BCUT2D eigenvalue weighted by Gasteiger charge is 2.16. The first kappa shape index (κ1) is 14.4. The van der Waals surface area contributed by atoms with Crippen molar-refractivity contribution in [3.05, 3.63) is 34.3 Å². The van der Waals surface area contributed by atoms with Crippen LogP contribution >= 0.6 is 15.9 Å². The van der Waals surface area contributed by atoms with Crippen molar-refractivity contribution in [2.45, 2.75) is 19.8 Å². The number of nitrogens with one attached hydrogen (secondary N) is 1. The number of hydrogen-bond donors (Lipinski definition) is 2. The van der Waals surface area contributed by atoms with E-state index in [4.69, 9.17) is 5.73 Å². The van der Waals surface area contributed by atoms with Gasteiger partial charge >= 0.3 is 0 Å². The van der Waals surface area contributed by atoms with E-state index in [0.717, 1.165) is 29.5 Å². The third-order valence-corrected chi connectivity index (χ3v) is 3.46. The first-order chi connectivity index (χ1) is 9.67. The molecule has 2 aromatic rings. The summed E-state index contributed by atoms with van der Waals surface area (Å²) in [5, 5.41) is 16.8. The van der Waals surface area contributed by atoms with E-state index in [1.807, 2.05) is 24.3 Å². The predicted octanol–water partition coefficient (Wildman–Crippen LogP) is 3.30. The van der Waals surface area contributed by atoms with Crippen molar-refractivity contribution < 1.29 is 0 Å². The third-order valence-electron chi connectivity index (χ3n) is 2.93. The van der Waals surface area contributed by atoms with Crippen molar-refractivity contribution in [1.29, 1.82) is 5.26 Å². The molecule has 1 aromatic heterocycles. The summed E-state index contributed by atoms with van der Waals surface area (Å²) in [6.07, 6.45) is 2.10. The number of anilines is 2. The molecular weight excluding hydrogens is 318 g/mol. The van der Waals surface area contributed by atoms with E-state index in [0.29, 0.717) is 17.2 Å². The standard InChI is InChI=1S/C14H16BrN5/c1-2-3-8-18-14-12(9-16)13(17)20(19-14)11-6-4-10(15)5-7-11/h4-7H,2-3,8,17H2,1H3,(H,18,19). The number of halogens is 1. The molecule has 5 nitrogen and oxygen atoms in total. The molecule has 0 amide bonds. The van der Waals surface area contributed by atoms with Crippen LogP contribution in [0.5, 0.6) is 0 Å². The summed E-state index contributed by atoms with van der Waals surface area (Å²) in [6.45, 7) is 2.89. The zero-order valence-corrected chi connectivity index (χ0v) is 12.8. The lowest BCUT2D eigenvalue weighted by Gasteiger charge is -2.03. The summed E-state index contributed by atoms with van der Waals surface area (Å²) in [4.78, 5) is 0. The Bertz CT molecular complexity index is 624. The zero-order chi connectivity index (χ0) is 14.5. The molecule has 0 saturated carbocycles. The number of nitriles is 1. The average Bonchev–Trinajstić information content (AvgIpc) is 2.76. The van der Waals surface area contributed by atoms with Gasteiger partial charge in [0.25, 0.3) is 0 Å². The van der Waals surface area contributed by atoms with E-state index >= 15 is 0 Å². The van der Waals surface area contributed by atoms with Gasteiger partial charge < -0.3 is 11.1 Å². The van der Waals surface area contributed by atoms with E-state index in [2.05, 4.69) is 39.3 Å². The van der Waals surface area contributed by atoms with Gasteiger partial charge in [-0.1, -0.05) is 29.3 Å². The van der Waals surface area contributed by atoms with Gasteiger partial charge in [0, 0.05) is 11.0 Å². The number of rotatable bonds is 5. The number of aromatic nitrogens is 2. The van der Waals surface area contributed by atoms with Crippen LogP contribution in [-0.4, -0.2) is 16.3 Å². The molecule has 1 aromatic carbocycles. The Morgan fingerprint density at radius 1 is 1.40 bits per heavy atom. The van der Waals surface area contributed by atoms with Crippen molar-refractivity contribution in [3.63, 3.8) is 0 Å². The third kappa shape index (κ3) is 2.94. The second-order valence-electron chi connectivity index (χ2n) is 4.39. The van der Waals surface area contributed by atoms with Gasteiger partial charge in [-0.15, -0.1) is 5.10 Å². The van der Waals surface area contributed by atoms with Crippen molar-refractivity contribution in [1.82, 2.24) is 9.78 Å². The highest BCUT2D eigenvalue weighted by molar-refractivity contribution is 9.10. The number of nitrogens with zero attached hydrogens (tertiary/aromatic N) is 3. The first-order valence-electron chi connectivity index (χ1n) is 6.45. The molecule has 0 aliphatic carbocycles. The molecule has 0 radical (unpaired) electrons. The molecule has 0 aliphatic rings. The van der Waals surface area contributed by atoms with Crippen molar-refractivity contribution in [3.8, 4) is 11.8 Å². The summed E-state index contributed by atoms with van der Waals surface area (Å²) in [6, 6.07) is 9.72. The second kappa shape index (κ2) is 6.44. The maximum Gasteiger partial charge on any atom is 0.168 e. The molecule has 1 heterocycles. The number of nitrogen functional groups attached to an aromatic ring is 1. The molecule has 3 N–H and O–H groups in total. The van der Waals surface area contributed by atoms with Gasteiger partial charge in [0.2, 0.25) is 0 Å². The highest BCUT2D eigenvalue weighted by Crippen LogP contribution is 2.24. The molecule has 0 bridgehead atoms. The average molecular weight is 334 g/mol. The predicted molar refractivity (Wildman–Crippen MR) is 83.8 cm³/mol. The molecule has 0 spiro atoms. The summed E-state index contributed by atoms with van der Waals surface area (Å²) < 4.78 is 2.56. The van der Waals surface area contributed by atoms with Gasteiger partial charge in [0.1, 0.15) is 17.5 Å². The first-order valence-corrected chi connectivity index (χ1v) is 7.25. The molecule has 0 atom stereocenters. The summed E-state index contributed by atoms with van der Waals surface area (Å²) in [5.74, 6) is 0.898. The van der Waals surface area contributed by atoms with Crippen LogP contribution in [0.4, 0.5) is 11.6 Å². The molecule has 104 valence electrons. The summed E-state index contributed by atoms with van der Waals surface area (Å²) in [5.41, 5.74) is 7.23. The van der Waals surface area contributed by atoms with Gasteiger partial charge in [-0.05, 0) is 30.7 Å². The molecular formula is C14H16BrN5. The second-order valence-corrected chi connectivity index (χ2v) is 5.30. The monoisotopic (exact) mass is 333 g/mol. The fourth-order valence-electron chi connectivity index (χ4n) is 1.83. The van der Waals surface area contributed by atoms with Crippen LogP contribution in [-0.2, 0) is 0 Å². The lowest BCUT2D eigenvalue weighted by atomic mass is 10.3. The van der Waals surface area contributed by atoms with Gasteiger partial charge in [-0.25, -0.2) is 4.68 Å². The zero-order valence-electron chi connectivity index (χ0n) is 11.2. The Morgan fingerprint density at radius 2 is 2.10 bits per heavy atom. The van der Waals surface area contributed by atoms with Gasteiger partial charge in [-0.3, -0.25) is 0 Å². The maximum atomic E-state index is 9.23. The summed E-state index contributed by atoms with van der Waals surface area (Å²) >= 11 is 3.39. The van der Waals surface area contributed by atoms with Crippen molar-refractivity contribution in [2.24, 2.45) is 0 Å². The Labute approximate surface area is 126 Å². The normalized spacial score (nSPS) is 10.2. The van der Waals surface area contributed by atoms with Gasteiger partial charge in [0.05, 0.1) is 5.69 Å². The Balaban J connectivity index is 2.35. The van der Waals surface area contributed by atoms with Crippen LogP contribution in [0.3, 0.4) is 0 Å².